The molecule has 1 aromatic heterocycles. The van der Waals surface area contributed by atoms with Gasteiger partial charge in [-0.1, -0.05) is 6.07 Å². The molecule has 4 N–H and O–H groups in total. The van der Waals surface area contributed by atoms with Gasteiger partial charge in [-0.15, -0.1) is 0 Å². The van der Waals surface area contributed by atoms with Crippen LogP contribution in [0.3, 0.4) is 0 Å². The van der Waals surface area contributed by atoms with Crippen LogP contribution in [0.5, 0.6) is 23.0 Å². The van der Waals surface area contributed by atoms with Gasteiger partial charge < -0.3 is 24.8 Å². The second-order valence-corrected chi connectivity index (χ2v) is 5.33. The first-order chi connectivity index (χ1) is 10.8. The minimum absolute atomic E-state index is 0.0390. The van der Waals surface area contributed by atoms with Crippen LogP contribution in [-0.4, -0.2) is 20.4 Å². The summed E-state index contributed by atoms with van der Waals surface area (Å²) in [5.74, 6) is -1.16. The van der Waals surface area contributed by atoms with Gasteiger partial charge >= 0.3 is 0 Å². The molecule has 118 valence electrons. The van der Waals surface area contributed by atoms with Crippen LogP contribution in [-0.2, 0) is 0 Å². The molecule has 0 fully saturated rings. The van der Waals surface area contributed by atoms with E-state index in [4.69, 9.17) is 4.42 Å². The molecule has 3 aromatic rings. The minimum atomic E-state index is -0.500. The number of hydrogen-bond acceptors (Lipinski definition) is 6. The van der Waals surface area contributed by atoms with Crippen LogP contribution in [0, 0.1) is 13.8 Å². The molecule has 6 heteroatoms. The molecule has 0 saturated carbocycles. The van der Waals surface area contributed by atoms with Crippen LogP contribution < -0.4 is 5.43 Å². The van der Waals surface area contributed by atoms with E-state index in [1.54, 1.807) is 6.92 Å². The number of rotatable bonds is 1. The normalized spacial score (nSPS) is 11.0. The predicted octanol–water partition coefficient (Wildman–Crippen LogP) is 2.90. The summed E-state index contributed by atoms with van der Waals surface area (Å²) in [5, 5.41) is 39.1. The average Bonchev–Trinajstić information content (AvgIpc) is 2.53. The Hall–Kier alpha value is -3.15. The fraction of sp³-hybridized carbons (Fsp3) is 0.118. The van der Waals surface area contributed by atoms with E-state index in [1.165, 1.54) is 31.4 Å². The summed E-state index contributed by atoms with van der Waals surface area (Å²) in [6.07, 6.45) is 1.19. The van der Waals surface area contributed by atoms with Gasteiger partial charge in [-0.2, -0.15) is 0 Å². The Morgan fingerprint density at radius 1 is 0.913 bits per heavy atom. The summed E-state index contributed by atoms with van der Waals surface area (Å²) < 4.78 is 5.43. The Balaban J connectivity index is 2.40. The van der Waals surface area contributed by atoms with Crippen molar-refractivity contribution in [2.75, 3.05) is 0 Å². The van der Waals surface area contributed by atoms with E-state index < -0.39 is 5.43 Å². The van der Waals surface area contributed by atoms with Crippen LogP contribution in [0.15, 0.2) is 33.7 Å². The van der Waals surface area contributed by atoms with Gasteiger partial charge in [0.25, 0.3) is 0 Å². The van der Waals surface area contributed by atoms with Gasteiger partial charge in [0, 0.05) is 11.1 Å². The highest BCUT2D eigenvalue weighted by atomic mass is 16.3. The van der Waals surface area contributed by atoms with E-state index in [0.29, 0.717) is 11.1 Å². The Morgan fingerprint density at radius 2 is 1.61 bits per heavy atom. The number of benzene rings is 2. The van der Waals surface area contributed by atoms with E-state index in [-0.39, 0.29) is 45.1 Å². The number of phenols is 4. The summed E-state index contributed by atoms with van der Waals surface area (Å²) in [7, 11) is 0. The second kappa shape index (κ2) is 4.95. The van der Waals surface area contributed by atoms with Gasteiger partial charge in [0.2, 0.25) is 5.43 Å². The van der Waals surface area contributed by atoms with E-state index in [0.717, 1.165) is 0 Å². The Morgan fingerprint density at radius 3 is 2.26 bits per heavy atom. The van der Waals surface area contributed by atoms with E-state index in [9.17, 15) is 25.2 Å². The number of aryl methyl sites for hydroxylation is 1. The summed E-state index contributed by atoms with van der Waals surface area (Å²) in [5.41, 5.74) is 0.592. The van der Waals surface area contributed by atoms with Crippen molar-refractivity contribution in [2.24, 2.45) is 0 Å². The van der Waals surface area contributed by atoms with Gasteiger partial charge in [-0.05, 0) is 31.5 Å². The quantitative estimate of drug-likeness (QED) is 0.514. The Kier molecular flexibility index (Phi) is 3.18. The standard InChI is InChI=1S/C17H14O6/c1-7-14(20)8(2)17-13(15(7)21)16(22)10(6-23-17)9-3-4-11(18)12(19)5-9/h3-6,18-21H,1-2H3. The molecule has 2 aromatic carbocycles. The van der Waals surface area contributed by atoms with Crippen LogP contribution in [0.25, 0.3) is 22.1 Å². The first-order valence-corrected chi connectivity index (χ1v) is 6.82. The summed E-state index contributed by atoms with van der Waals surface area (Å²) in [6.45, 7) is 3.08. The highest BCUT2D eigenvalue weighted by Gasteiger charge is 2.20. The molecule has 1 heterocycles. The Labute approximate surface area is 130 Å². The Bertz CT molecular complexity index is 1000. The molecule has 0 atom stereocenters. The topological polar surface area (TPSA) is 111 Å². The zero-order valence-electron chi connectivity index (χ0n) is 12.4. The monoisotopic (exact) mass is 314 g/mol. The molecular weight excluding hydrogens is 300 g/mol. The fourth-order valence-electron chi connectivity index (χ4n) is 2.54. The zero-order chi connectivity index (χ0) is 16.9. The van der Waals surface area contributed by atoms with E-state index in [2.05, 4.69) is 0 Å². The molecular formula is C17H14O6. The maximum Gasteiger partial charge on any atom is 0.204 e. The molecule has 0 spiro atoms. The largest absolute Gasteiger partial charge is 0.507 e. The third-order valence-electron chi connectivity index (χ3n) is 3.92. The number of phenolic OH excluding ortho intramolecular Hbond substituents is 4. The molecule has 0 amide bonds. The lowest BCUT2D eigenvalue weighted by molar-refractivity contribution is 0.404. The lowest BCUT2D eigenvalue weighted by Crippen LogP contribution is -2.06. The first kappa shape index (κ1) is 14.8. The van der Waals surface area contributed by atoms with Crippen molar-refractivity contribution in [3.8, 4) is 34.1 Å². The molecule has 0 aliphatic rings. The highest BCUT2D eigenvalue weighted by molar-refractivity contribution is 5.92. The van der Waals surface area contributed by atoms with Crippen molar-refractivity contribution in [2.45, 2.75) is 13.8 Å². The number of hydrogen-bond donors (Lipinski definition) is 4. The van der Waals surface area contributed by atoms with Gasteiger partial charge in [0.05, 0.1) is 5.56 Å². The number of fused-ring (bicyclic) bond motifs is 1. The van der Waals surface area contributed by atoms with E-state index in [1.807, 2.05) is 0 Å². The second-order valence-electron chi connectivity index (χ2n) is 5.33. The molecule has 0 aliphatic heterocycles. The maximum atomic E-state index is 12.7. The average molecular weight is 314 g/mol. The molecule has 23 heavy (non-hydrogen) atoms. The van der Waals surface area contributed by atoms with Crippen LogP contribution >= 0.6 is 0 Å². The SMILES string of the molecule is Cc1c(O)c(C)c2occ(-c3ccc(O)c(O)c3)c(=O)c2c1O. The van der Waals surface area contributed by atoms with Gasteiger partial charge in [-0.25, -0.2) is 0 Å². The van der Waals surface area contributed by atoms with Crippen molar-refractivity contribution in [3.05, 3.63) is 45.8 Å². The summed E-state index contributed by atoms with van der Waals surface area (Å²) in [4.78, 5) is 12.7. The predicted molar refractivity (Wildman–Crippen MR) is 84.1 cm³/mol. The molecule has 0 aliphatic carbocycles. The lowest BCUT2D eigenvalue weighted by Gasteiger charge is -2.11. The van der Waals surface area contributed by atoms with Crippen molar-refractivity contribution in [3.63, 3.8) is 0 Å². The van der Waals surface area contributed by atoms with Crippen molar-refractivity contribution >= 4 is 11.0 Å². The molecule has 0 saturated heterocycles. The maximum absolute atomic E-state index is 12.7. The third kappa shape index (κ3) is 2.07. The van der Waals surface area contributed by atoms with Crippen molar-refractivity contribution in [1.29, 1.82) is 0 Å². The number of aromatic hydroxyl groups is 4. The van der Waals surface area contributed by atoms with Crippen LogP contribution in [0.1, 0.15) is 11.1 Å². The molecule has 0 unspecified atom stereocenters. The van der Waals surface area contributed by atoms with Gasteiger partial charge in [0.1, 0.15) is 28.7 Å². The van der Waals surface area contributed by atoms with Gasteiger partial charge in [-0.3, -0.25) is 4.79 Å². The van der Waals surface area contributed by atoms with Gasteiger partial charge in [0.15, 0.2) is 11.5 Å². The molecule has 0 bridgehead atoms. The minimum Gasteiger partial charge on any atom is -0.507 e. The van der Waals surface area contributed by atoms with Crippen molar-refractivity contribution in [1.82, 2.24) is 0 Å². The highest BCUT2D eigenvalue weighted by Crippen LogP contribution is 2.38. The van der Waals surface area contributed by atoms with Crippen molar-refractivity contribution < 1.29 is 24.8 Å². The fourth-order valence-corrected chi connectivity index (χ4v) is 2.54. The molecule has 3 rings (SSSR count). The third-order valence-corrected chi connectivity index (χ3v) is 3.92. The smallest absolute Gasteiger partial charge is 0.204 e. The van der Waals surface area contributed by atoms with Crippen LogP contribution in [0.2, 0.25) is 0 Å². The van der Waals surface area contributed by atoms with Crippen LogP contribution in [0.4, 0.5) is 0 Å². The lowest BCUT2D eigenvalue weighted by atomic mass is 10.0. The van der Waals surface area contributed by atoms with E-state index >= 15 is 0 Å². The summed E-state index contributed by atoms with van der Waals surface area (Å²) >= 11 is 0. The summed E-state index contributed by atoms with van der Waals surface area (Å²) in [6, 6.07) is 3.93. The molecule has 6 nitrogen and oxygen atoms in total. The zero-order valence-corrected chi connectivity index (χ0v) is 12.4. The molecule has 0 radical (unpaired) electrons. The first-order valence-electron chi connectivity index (χ1n) is 6.82.